The fraction of sp³-hybridized carbons (Fsp3) is 0.240. The second-order valence-electron chi connectivity index (χ2n) is 7.98. The first-order valence-corrected chi connectivity index (χ1v) is 11.3. The van der Waals surface area contributed by atoms with Crippen molar-refractivity contribution in [2.75, 3.05) is 24.4 Å². The number of methoxy groups -OCH3 is 1. The maximum atomic E-state index is 13.4. The molecule has 0 aliphatic rings. The van der Waals surface area contributed by atoms with Crippen LogP contribution in [0.4, 0.5) is 11.5 Å². The number of amides is 1. The van der Waals surface area contributed by atoms with Gasteiger partial charge in [-0.05, 0) is 5.56 Å². The third-order valence-corrected chi connectivity index (χ3v) is 5.54. The molecule has 0 saturated carbocycles. The Morgan fingerprint density at radius 1 is 1.11 bits per heavy atom. The van der Waals surface area contributed by atoms with Crippen molar-refractivity contribution in [1.29, 1.82) is 0 Å². The van der Waals surface area contributed by atoms with Gasteiger partial charge >= 0.3 is 5.69 Å². The van der Waals surface area contributed by atoms with E-state index in [1.807, 2.05) is 60.7 Å². The highest BCUT2D eigenvalue weighted by Crippen LogP contribution is 2.22. The van der Waals surface area contributed by atoms with Crippen LogP contribution in [0.15, 0.2) is 74.8 Å². The molecule has 186 valence electrons. The quantitative estimate of drug-likeness (QED) is 0.343. The molecule has 2 aromatic heterocycles. The zero-order chi connectivity index (χ0) is 25.5. The lowest BCUT2D eigenvalue weighted by Crippen LogP contribution is -2.41. The lowest BCUT2D eigenvalue weighted by atomic mass is 10.1. The van der Waals surface area contributed by atoms with Gasteiger partial charge < -0.3 is 19.9 Å². The van der Waals surface area contributed by atoms with Crippen LogP contribution in [0.5, 0.6) is 0 Å². The van der Waals surface area contributed by atoms with Gasteiger partial charge in [-0.2, -0.15) is 4.98 Å². The average Bonchev–Trinajstić information content (AvgIpc) is 3.37. The number of nitrogens with zero attached hydrogens (tertiary/aromatic N) is 4. The maximum Gasteiger partial charge on any atom is 0.330 e. The number of benzene rings is 2. The van der Waals surface area contributed by atoms with E-state index in [1.54, 1.807) is 0 Å². The summed E-state index contributed by atoms with van der Waals surface area (Å²) in [6, 6.07) is 18.5. The third kappa shape index (κ3) is 5.58. The Hall–Kier alpha value is -4.51. The summed E-state index contributed by atoms with van der Waals surface area (Å²) < 4.78 is 11.5. The van der Waals surface area contributed by atoms with Crippen molar-refractivity contribution in [3.05, 3.63) is 93.0 Å². The molecule has 0 saturated heterocycles. The molecule has 0 aliphatic carbocycles. The van der Waals surface area contributed by atoms with Gasteiger partial charge in [0.15, 0.2) is 5.69 Å². The minimum Gasteiger partial charge on any atom is -0.383 e. The summed E-state index contributed by atoms with van der Waals surface area (Å²) in [4.78, 5) is 46.5. The fourth-order valence-corrected chi connectivity index (χ4v) is 3.71. The third-order valence-electron chi connectivity index (χ3n) is 5.54. The largest absolute Gasteiger partial charge is 0.383 e. The van der Waals surface area contributed by atoms with Gasteiger partial charge in [-0.1, -0.05) is 65.8 Å². The van der Waals surface area contributed by atoms with Crippen LogP contribution in [0.25, 0.3) is 11.4 Å². The monoisotopic (exact) mass is 490 g/mol. The van der Waals surface area contributed by atoms with Crippen molar-refractivity contribution in [2.24, 2.45) is 0 Å². The standard InChI is InChI=1S/C25H26N6O5/c1-35-15-14-30-22(26)21(24(33)28-25(30)34)31(16-17-8-4-2-5-9-17)20(32)13-12-19-27-23(29-36-19)18-10-6-3-7-11-18/h2-11H,12-16,26H2,1H3,(H,28,33,34). The molecule has 4 aromatic rings. The summed E-state index contributed by atoms with van der Waals surface area (Å²) in [5, 5.41) is 3.98. The molecule has 0 fully saturated rings. The predicted molar refractivity (Wildman–Crippen MR) is 133 cm³/mol. The summed E-state index contributed by atoms with van der Waals surface area (Å²) >= 11 is 0. The molecule has 4 rings (SSSR count). The molecule has 0 radical (unpaired) electrons. The molecule has 36 heavy (non-hydrogen) atoms. The lowest BCUT2D eigenvalue weighted by molar-refractivity contribution is -0.118. The van der Waals surface area contributed by atoms with Gasteiger partial charge in [0.25, 0.3) is 5.56 Å². The van der Waals surface area contributed by atoms with E-state index in [1.165, 1.54) is 16.6 Å². The van der Waals surface area contributed by atoms with E-state index in [0.29, 0.717) is 5.82 Å². The van der Waals surface area contributed by atoms with Crippen LogP contribution in [0, 0.1) is 0 Å². The Labute approximate surface area is 206 Å². The highest BCUT2D eigenvalue weighted by atomic mass is 16.5. The fourth-order valence-electron chi connectivity index (χ4n) is 3.71. The molecule has 1 amide bonds. The van der Waals surface area contributed by atoms with E-state index in [4.69, 9.17) is 15.0 Å². The number of hydrogen-bond donors (Lipinski definition) is 2. The SMILES string of the molecule is COCCn1c(N)c(N(Cc2ccccc2)C(=O)CCc2nc(-c3ccccc3)no2)c(=O)[nH]c1=O. The predicted octanol–water partition coefficient (Wildman–Crippen LogP) is 1.98. The number of aromatic amines is 1. The lowest BCUT2D eigenvalue weighted by Gasteiger charge is -2.24. The van der Waals surface area contributed by atoms with Crippen molar-refractivity contribution in [3.8, 4) is 11.4 Å². The second-order valence-corrected chi connectivity index (χ2v) is 7.98. The number of ether oxygens (including phenoxy) is 1. The molecule has 11 nitrogen and oxygen atoms in total. The molecule has 0 unspecified atom stereocenters. The zero-order valence-electron chi connectivity index (χ0n) is 19.7. The molecule has 0 atom stereocenters. The number of carbonyl (C=O) groups is 1. The topological polar surface area (TPSA) is 149 Å². The van der Waals surface area contributed by atoms with Crippen molar-refractivity contribution >= 4 is 17.4 Å². The molecule has 3 N–H and O–H groups in total. The highest BCUT2D eigenvalue weighted by molar-refractivity contribution is 5.95. The normalized spacial score (nSPS) is 10.9. The van der Waals surface area contributed by atoms with Crippen molar-refractivity contribution in [1.82, 2.24) is 19.7 Å². The molecule has 2 heterocycles. The van der Waals surface area contributed by atoms with Crippen LogP contribution < -0.4 is 21.9 Å². The molecular formula is C25H26N6O5. The van der Waals surface area contributed by atoms with Gasteiger partial charge in [0.05, 0.1) is 19.7 Å². The van der Waals surface area contributed by atoms with E-state index >= 15 is 0 Å². The number of H-pyrrole nitrogens is 1. The van der Waals surface area contributed by atoms with Crippen LogP contribution in [-0.2, 0) is 29.0 Å². The Kier molecular flexibility index (Phi) is 7.71. The minimum atomic E-state index is -0.750. The van der Waals surface area contributed by atoms with E-state index in [9.17, 15) is 14.4 Å². The average molecular weight is 491 g/mol. The van der Waals surface area contributed by atoms with Crippen molar-refractivity contribution in [2.45, 2.75) is 25.9 Å². The summed E-state index contributed by atoms with van der Waals surface area (Å²) in [6.45, 7) is 0.389. The van der Waals surface area contributed by atoms with E-state index in [2.05, 4.69) is 15.1 Å². The van der Waals surface area contributed by atoms with Crippen LogP contribution in [0.3, 0.4) is 0 Å². The smallest absolute Gasteiger partial charge is 0.330 e. The van der Waals surface area contributed by atoms with E-state index < -0.39 is 17.2 Å². The number of hydrogen-bond acceptors (Lipinski definition) is 8. The van der Waals surface area contributed by atoms with Gasteiger partial charge in [0.2, 0.25) is 17.6 Å². The van der Waals surface area contributed by atoms with E-state index in [-0.39, 0.29) is 49.9 Å². The minimum absolute atomic E-state index is 0.0284. The molecule has 0 bridgehead atoms. The summed E-state index contributed by atoms with van der Waals surface area (Å²) in [5.74, 6) is 0.195. The Bertz CT molecular complexity index is 1430. The first kappa shape index (κ1) is 24.6. The summed E-state index contributed by atoms with van der Waals surface area (Å²) in [7, 11) is 1.49. The highest BCUT2D eigenvalue weighted by Gasteiger charge is 2.25. The second kappa shape index (κ2) is 11.3. The van der Waals surface area contributed by atoms with Crippen LogP contribution in [-0.4, -0.2) is 39.3 Å². The Morgan fingerprint density at radius 3 is 2.50 bits per heavy atom. The molecule has 0 aliphatic heterocycles. The number of nitrogen functional groups attached to an aromatic ring is 1. The molecular weight excluding hydrogens is 464 g/mol. The number of rotatable bonds is 10. The van der Waals surface area contributed by atoms with Crippen molar-refractivity contribution in [3.63, 3.8) is 0 Å². The van der Waals surface area contributed by atoms with Crippen LogP contribution in [0.2, 0.25) is 0 Å². The number of nitrogens with one attached hydrogen (secondary N) is 1. The number of anilines is 2. The van der Waals surface area contributed by atoms with Crippen molar-refractivity contribution < 1.29 is 14.1 Å². The van der Waals surface area contributed by atoms with Gasteiger partial charge in [-0.25, -0.2) is 4.79 Å². The van der Waals surface area contributed by atoms with Crippen LogP contribution >= 0.6 is 0 Å². The van der Waals surface area contributed by atoms with Gasteiger partial charge in [-0.15, -0.1) is 0 Å². The maximum absolute atomic E-state index is 13.4. The molecule has 11 heteroatoms. The summed E-state index contributed by atoms with van der Waals surface area (Å²) in [6.07, 6.45) is 0.129. The molecule has 0 spiro atoms. The van der Waals surface area contributed by atoms with Gasteiger partial charge in [0.1, 0.15) is 5.82 Å². The number of aromatic nitrogens is 4. The number of nitrogens with two attached hydrogens (primary N) is 1. The Morgan fingerprint density at radius 2 is 1.81 bits per heavy atom. The molecule has 2 aromatic carbocycles. The van der Waals surface area contributed by atoms with Crippen LogP contribution in [0.1, 0.15) is 17.9 Å². The number of carbonyl (C=O) groups excluding carboxylic acids is 1. The van der Waals surface area contributed by atoms with Gasteiger partial charge in [-0.3, -0.25) is 19.1 Å². The Balaban J connectivity index is 1.62. The number of aryl methyl sites for hydroxylation is 1. The zero-order valence-corrected chi connectivity index (χ0v) is 19.7. The van der Waals surface area contributed by atoms with Gasteiger partial charge in [0, 0.05) is 25.5 Å². The first-order chi connectivity index (χ1) is 17.5. The van der Waals surface area contributed by atoms with E-state index in [0.717, 1.165) is 11.1 Å². The summed E-state index contributed by atoms with van der Waals surface area (Å²) in [5.41, 5.74) is 6.29. The first-order valence-electron chi connectivity index (χ1n) is 11.3.